The Morgan fingerprint density at radius 3 is 2.10 bits per heavy atom. The van der Waals surface area contributed by atoms with Crippen molar-refractivity contribution < 1.29 is 40.2 Å². The molecule has 0 aromatic heterocycles. The van der Waals surface area contributed by atoms with Crippen molar-refractivity contribution in [1.82, 2.24) is 5.32 Å². The summed E-state index contributed by atoms with van der Waals surface area (Å²) in [4.78, 5) is 0. The summed E-state index contributed by atoms with van der Waals surface area (Å²) < 4.78 is 105. The van der Waals surface area contributed by atoms with Crippen LogP contribution in [-0.2, 0) is 27.6 Å². The zero-order valence-corrected chi connectivity index (χ0v) is 15.7. The quantitative estimate of drug-likeness (QED) is 0.649. The molecule has 1 saturated heterocycles. The summed E-state index contributed by atoms with van der Waals surface area (Å²) in [5, 5.41) is 2.95. The lowest BCUT2D eigenvalue weighted by molar-refractivity contribution is -0.277. The molecule has 2 aromatic rings. The van der Waals surface area contributed by atoms with Crippen molar-refractivity contribution in [2.45, 2.75) is 31.2 Å². The van der Waals surface area contributed by atoms with E-state index < -0.39 is 41.2 Å². The largest absolute Gasteiger partial charge is 0.416 e. The van der Waals surface area contributed by atoms with E-state index >= 15 is 0 Å². The van der Waals surface area contributed by atoms with E-state index in [0.717, 1.165) is 6.07 Å². The van der Waals surface area contributed by atoms with E-state index in [9.17, 15) is 30.7 Å². The maximum atomic E-state index is 14.4. The maximum Gasteiger partial charge on any atom is 0.416 e. The minimum atomic E-state index is -4.98. The molecule has 30 heavy (non-hydrogen) atoms. The molecule has 0 aliphatic carbocycles. The lowest BCUT2D eigenvalue weighted by atomic mass is 10.00. The molecule has 0 spiro atoms. The van der Waals surface area contributed by atoms with Gasteiger partial charge in [0, 0.05) is 12.1 Å². The summed E-state index contributed by atoms with van der Waals surface area (Å²) in [5.74, 6) is -2.39. The molecule has 164 valence electrons. The highest BCUT2D eigenvalue weighted by atomic mass is 19.4. The van der Waals surface area contributed by atoms with Crippen molar-refractivity contribution in [3.63, 3.8) is 0 Å². The average Bonchev–Trinajstić information content (AvgIpc) is 2.67. The minimum absolute atomic E-state index is 0.00734. The maximum absolute atomic E-state index is 14.4. The number of nitrogens with one attached hydrogen (secondary N) is 1. The van der Waals surface area contributed by atoms with Crippen LogP contribution in [0.15, 0.2) is 42.5 Å². The van der Waals surface area contributed by atoms with Crippen LogP contribution < -0.4 is 5.32 Å². The normalized spacial score (nSPS) is 21.5. The van der Waals surface area contributed by atoms with E-state index in [0.29, 0.717) is 18.7 Å². The molecule has 1 aliphatic rings. The van der Waals surface area contributed by atoms with Gasteiger partial charge in [0.2, 0.25) is 5.79 Å². The predicted octanol–water partition coefficient (Wildman–Crippen LogP) is 5.41. The molecule has 0 unspecified atom stereocenters. The molecule has 2 atom stereocenters. The third kappa shape index (κ3) is 4.76. The molecule has 1 heterocycles. The molecular formula is C20H18F7NO2. The van der Waals surface area contributed by atoms with E-state index in [2.05, 4.69) is 5.32 Å². The number of hydrogen-bond donors (Lipinski definition) is 1. The van der Waals surface area contributed by atoms with Crippen LogP contribution in [0.2, 0.25) is 0 Å². The van der Waals surface area contributed by atoms with E-state index in [1.54, 1.807) is 0 Å². The number of hydrogen-bond acceptors (Lipinski definition) is 3. The summed E-state index contributed by atoms with van der Waals surface area (Å²) in [6.07, 6.45) is -11.2. The van der Waals surface area contributed by atoms with Gasteiger partial charge in [-0.2, -0.15) is 26.3 Å². The summed E-state index contributed by atoms with van der Waals surface area (Å²) in [6.45, 7) is 1.78. The van der Waals surface area contributed by atoms with E-state index in [1.807, 2.05) is 0 Å². The number of ether oxygens (including phenoxy) is 2. The van der Waals surface area contributed by atoms with Gasteiger partial charge in [0.1, 0.15) is 5.82 Å². The van der Waals surface area contributed by atoms with Crippen molar-refractivity contribution in [2.75, 3.05) is 19.7 Å². The fraction of sp³-hybridized carbons (Fsp3) is 0.400. The van der Waals surface area contributed by atoms with Gasteiger partial charge in [-0.25, -0.2) is 4.39 Å². The standard InChI is InChI=1S/C20H18F7NO2/c1-12(13-8-14(19(22,23)24)10-15(9-13)20(25,26)27)30-18(11-28-6-7-29-18)16-4-2-3-5-17(16)21/h2-5,8-10,12,28H,6-7,11H2,1H3/t12-,18-/m0/s1. The zero-order valence-electron chi connectivity index (χ0n) is 15.7. The Kier molecular flexibility index (Phi) is 6.13. The molecule has 0 amide bonds. The molecule has 1 N–H and O–H groups in total. The molecule has 0 saturated carbocycles. The summed E-state index contributed by atoms with van der Waals surface area (Å²) in [7, 11) is 0. The van der Waals surface area contributed by atoms with Crippen LogP contribution in [-0.4, -0.2) is 19.7 Å². The monoisotopic (exact) mass is 437 g/mol. The van der Waals surface area contributed by atoms with Crippen LogP contribution in [0.5, 0.6) is 0 Å². The Balaban J connectivity index is 2.02. The highest BCUT2D eigenvalue weighted by molar-refractivity contribution is 5.35. The van der Waals surface area contributed by atoms with Crippen LogP contribution in [0.4, 0.5) is 30.7 Å². The Bertz CT molecular complexity index is 857. The average molecular weight is 437 g/mol. The van der Waals surface area contributed by atoms with Gasteiger partial charge in [-0.1, -0.05) is 18.2 Å². The Hall–Kier alpha value is -2.17. The molecule has 1 aliphatic heterocycles. The fourth-order valence-corrected chi connectivity index (χ4v) is 3.24. The number of halogens is 7. The highest BCUT2D eigenvalue weighted by Gasteiger charge is 2.42. The summed E-state index contributed by atoms with van der Waals surface area (Å²) in [6, 6.07) is 6.74. The molecule has 2 aromatic carbocycles. The first-order valence-electron chi connectivity index (χ1n) is 8.99. The van der Waals surface area contributed by atoms with Crippen LogP contribution in [0.1, 0.15) is 35.3 Å². The second-order valence-electron chi connectivity index (χ2n) is 6.86. The molecule has 10 heteroatoms. The first-order chi connectivity index (χ1) is 13.9. The predicted molar refractivity (Wildman–Crippen MR) is 92.8 cm³/mol. The van der Waals surface area contributed by atoms with Crippen LogP contribution >= 0.6 is 0 Å². The van der Waals surface area contributed by atoms with E-state index in [-0.39, 0.29) is 30.3 Å². The smallest absolute Gasteiger partial charge is 0.343 e. The molecule has 3 rings (SSSR count). The Morgan fingerprint density at radius 1 is 1.00 bits per heavy atom. The van der Waals surface area contributed by atoms with Gasteiger partial charge < -0.3 is 14.8 Å². The zero-order chi connectivity index (χ0) is 22.2. The van der Waals surface area contributed by atoms with Gasteiger partial charge in [-0.05, 0) is 36.8 Å². The number of alkyl halides is 6. The van der Waals surface area contributed by atoms with Crippen molar-refractivity contribution in [1.29, 1.82) is 0 Å². The molecule has 0 radical (unpaired) electrons. The SMILES string of the molecule is C[C@H](O[C@]1(c2ccccc2F)CNCCO1)c1cc(C(F)(F)F)cc(C(F)(F)F)c1. The Morgan fingerprint density at radius 2 is 1.60 bits per heavy atom. The van der Waals surface area contributed by atoms with Gasteiger partial charge in [0.15, 0.2) is 0 Å². The van der Waals surface area contributed by atoms with Crippen LogP contribution in [0.3, 0.4) is 0 Å². The van der Waals surface area contributed by atoms with Crippen molar-refractivity contribution >= 4 is 0 Å². The third-order valence-corrected chi connectivity index (χ3v) is 4.70. The van der Waals surface area contributed by atoms with Gasteiger partial charge >= 0.3 is 12.4 Å². The summed E-state index contributed by atoms with van der Waals surface area (Å²) >= 11 is 0. The lowest BCUT2D eigenvalue weighted by Crippen LogP contribution is -2.50. The molecule has 3 nitrogen and oxygen atoms in total. The fourth-order valence-electron chi connectivity index (χ4n) is 3.24. The number of benzene rings is 2. The molecule has 1 fully saturated rings. The first kappa shape index (κ1) is 22.5. The van der Waals surface area contributed by atoms with E-state index in [1.165, 1.54) is 25.1 Å². The van der Waals surface area contributed by atoms with Crippen LogP contribution in [0.25, 0.3) is 0 Å². The second kappa shape index (κ2) is 8.16. The second-order valence-corrected chi connectivity index (χ2v) is 6.86. The minimum Gasteiger partial charge on any atom is -0.343 e. The third-order valence-electron chi connectivity index (χ3n) is 4.70. The van der Waals surface area contributed by atoms with Gasteiger partial charge in [-0.3, -0.25) is 0 Å². The Labute approximate surface area is 167 Å². The van der Waals surface area contributed by atoms with Crippen molar-refractivity contribution in [3.05, 3.63) is 70.5 Å². The van der Waals surface area contributed by atoms with E-state index in [4.69, 9.17) is 9.47 Å². The summed E-state index contributed by atoms with van der Waals surface area (Å²) in [5.41, 5.74) is -3.27. The lowest BCUT2D eigenvalue weighted by Gasteiger charge is -2.40. The van der Waals surface area contributed by atoms with Gasteiger partial charge in [0.05, 0.1) is 30.4 Å². The van der Waals surface area contributed by atoms with Gasteiger partial charge in [0.25, 0.3) is 0 Å². The number of rotatable bonds is 4. The van der Waals surface area contributed by atoms with Gasteiger partial charge in [-0.15, -0.1) is 0 Å². The highest BCUT2D eigenvalue weighted by Crippen LogP contribution is 2.40. The molecular weight excluding hydrogens is 419 g/mol. The topological polar surface area (TPSA) is 30.5 Å². The van der Waals surface area contributed by atoms with Crippen LogP contribution in [0, 0.1) is 5.82 Å². The molecule has 0 bridgehead atoms. The first-order valence-corrected chi connectivity index (χ1v) is 8.99. The van der Waals surface area contributed by atoms with Crippen molar-refractivity contribution in [3.8, 4) is 0 Å². The van der Waals surface area contributed by atoms with Crippen molar-refractivity contribution in [2.24, 2.45) is 0 Å². The number of morpholine rings is 1.